The number of aryl methyl sites for hydroxylation is 2. The van der Waals surface area contributed by atoms with Crippen LogP contribution < -0.4 is 10.4 Å². The molecule has 1 aliphatic heterocycles. The van der Waals surface area contributed by atoms with E-state index >= 15 is 0 Å². The van der Waals surface area contributed by atoms with Gasteiger partial charge >= 0.3 is 0 Å². The zero-order valence-corrected chi connectivity index (χ0v) is 18.7. The Bertz CT molecular complexity index is 1280. The van der Waals surface area contributed by atoms with Gasteiger partial charge in [0.1, 0.15) is 6.67 Å². The minimum Gasteiger partial charge on any atom is -0.502 e. The van der Waals surface area contributed by atoms with Gasteiger partial charge in [0.05, 0.1) is 6.04 Å². The molecule has 0 radical (unpaired) electrons. The maximum Gasteiger partial charge on any atom is 0.278 e. The van der Waals surface area contributed by atoms with Crippen LogP contribution in [0.4, 0.5) is 0 Å². The highest BCUT2D eigenvalue weighted by Gasteiger charge is 2.39. The van der Waals surface area contributed by atoms with E-state index in [1.165, 1.54) is 17.2 Å². The van der Waals surface area contributed by atoms with Crippen molar-refractivity contribution in [3.05, 3.63) is 97.9 Å². The Labute approximate surface area is 191 Å². The number of pyridine rings is 1. The second-order valence-corrected chi connectivity index (χ2v) is 9.05. The van der Waals surface area contributed by atoms with Crippen LogP contribution in [0.25, 0.3) is 0 Å². The lowest BCUT2D eigenvalue weighted by atomic mass is 9.94. The summed E-state index contributed by atoms with van der Waals surface area (Å²) in [5.74, 6) is -0.888. The van der Waals surface area contributed by atoms with E-state index in [9.17, 15) is 14.7 Å². The number of halogens is 1. The summed E-state index contributed by atoms with van der Waals surface area (Å²) in [6.45, 7) is 4.15. The van der Waals surface area contributed by atoms with Gasteiger partial charge in [-0.1, -0.05) is 41.9 Å². The van der Waals surface area contributed by atoms with E-state index in [-0.39, 0.29) is 23.7 Å². The van der Waals surface area contributed by atoms with Gasteiger partial charge in [0.2, 0.25) is 5.43 Å². The third kappa shape index (κ3) is 3.17. The Morgan fingerprint density at radius 1 is 1.00 bits per heavy atom. The molecule has 1 unspecified atom stereocenters. The summed E-state index contributed by atoms with van der Waals surface area (Å²) in [6, 6.07) is 15.2. The summed E-state index contributed by atoms with van der Waals surface area (Å²) in [5, 5.41) is 13.3. The zero-order valence-electron chi connectivity index (χ0n) is 18.0. The molecule has 164 valence electrons. The topological polar surface area (TPSA) is 65.8 Å². The highest BCUT2D eigenvalue weighted by atomic mass is 35.5. The Morgan fingerprint density at radius 3 is 2.47 bits per heavy atom. The first-order valence-corrected chi connectivity index (χ1v) is 11.1. The number of rotatable bonds is 2. The number of carbonyl (C=O) groups is 1. The fourth-order valence-corrected chi connectivity index (χ4v) is 4.97. The van der Waals surface area contributed by atoms with Gasteiger partial charge in [-0.2, -0.15) is 0 Å². The lowest BCUT2D eigenvalue weighted by Crippen LogP contribution is -2.57. The molecule has 0 bridgehead atoms. The molecule has 2 aromatic carbocycles. The molecule has 2 aliphatic rings. The molecule has 7 heteroatoms. The van der Waals surface area contributed by atoms with Crippen molar-refractivity contribution >= 4 is 17.5 Å². The molecule has 3 aromatic rings. The molecule has 2 heterocycles. The van der Waals surface area contributed by atoms with E-state index in [2.05, 4.69) is 18.2 Å². The van der Waals surface area contributed by atoms with Crippen molar-refractivity contribution in [3.8, 4) is 5.75 Å². The number of carbonyl (C=O) groups excluding carboxylic acids is 1. The first-order valence-electron chi connectivity index (χ1n) is 10.8. The monoisotopic (exact) mass is 449 g/mol. The number of aromatic hydroxyl groups is 1. The van der Waals surface area contributed by atoms with Crippen molar-refractivity contribution in [1.82, 2.24) is 9.58 Å². The molecular formula is C25H24ClN3O3. The third-order valence-electron chi connectivity index (χ3n) is 6.43. The minimum atomic E-state index is -0.570. The molecule has 1 aromatic heterocycles. The van der Waals surface area contributed by atoms with Crippen LogP contribution in [0.5, 0.6) is 5.75 Å². The highest BCUT2D eigenvalue weighted by molar-refractivity contribution is 6.30. The van der Waals surface area contributed by atoms with Crippen molar-refractivity contribution < 1.29 is 9.90 Å². The largest absolute Gasteiger partial charge is 0.502 e. The van der Waals surface area contributed by atoms with Crippen molar-refractivity contribution in [3.63, 3.8) is 0 Å². The number of benzene rings is 2. The van der Waals surface area contributed by atoms with Gasteiger partial charge in [0, 0.05) is 23.3 Å². The Balaban J connectivity index is 1.80. The molecule has 5 rings (SSSR count). The average Bonchev–Trinajstić information content (AvgIpc) is 2.93. The van der Waals surface area contributed by atoms with Gasteiger partial charge in [-0.05, 0) is 61.1 Å². The predicted molar refractivity (Wildman–Crippen MR) is 124 cm³/mol. The van der Waals surface area contributed by atoms with E-state index in [0.29, 0.717) is 11.7 Å². The second kappa shape index (κ2) is 7.71. The summed E-state index contributed by atoms with van der Waals surface area (Å²) in [7, 11) is 0. The summed E-state index contributed by atoms with van der Waals surface area (Å²) >= 11 is 6.44. The summed E-state index contributed by atoms with van der Waals surface area (Å²) in [6.07, 6.45) is 3.35. The van der Waals surface area contributed by atoms with Crippen LogP contribution in [0.2, 0.25) is 5.02 Å². The predicted octanol–water partition coefficient (Wildman–Crippen LogP) is 3.86. The smallest absolute Gasteiger partial charge is 0.278 e. The van der Waals surface area contributed by atoms with Gasteiger partial charge in [-0.25, -0.2) is 0 Å². The molecule has 1 N–H and O–H groups in total. The molecule has 1 amide bonds. The maximum absolute atomic E-state index is 13.2. The molecule has 0 spiro atoms. The SMILES string of the molecule is CC(C)N1CN(C2c3ccccc3CCc3ccc(Cl)cc32)n2ccc(=O)c(O)c2C1=O. The summed E-state index contributed by atoms with van der Waals surface area (Å²) < 4.78 is 1.63. The average molecular weight is 450 g/mol. The number of aromatic nitrogens is 1. The Kier molecular flexibility index (Phi) is 4.97. The van der Waals surface area contributed by atoms with Gasteiger partial charge in [0.25, 0.3) is 5.91 Å². The van der Waals surface area contributed by atoms with Crippen LogP contribution in [-0.4, -0.2) is 33.3 Å². The van der Waals surface area contributed by atoms with Crippen molar-refractivity contribution in [2.75, 3.05) is 11.7 Å². The number of hydrogen-bond donors (Lipinski definition) is 1. The van der Waals surface area contributed by atoms with Crippen LogP contribution in [0.15, 0.2) is 59.5 Å². The van der Waals surface area contributed by atoms with Crippen LogP contribution in [0, 0.1) is 0 Å². The number of fused-ring (bicyclic) bond motifs is 3. The number of hydrogen-bond acceptors (Lipinski definition) is 4. The Morgan fingerprint density at radius 2 is 1.72 bits per heavy atom. The molecular weight excluding hydrogens is 426 g/mol. The lowest BCUT2D eigenvalue weighted by Gasteiger charge is -2.45. The number of amides is 1. The summed E-state index contributed by atoms with van der Waals surface area (Å²) in [5.41, 5.74) is 4.02. The molecule has 0 fully saturated rings. The standard InChI is InChI=1S/C25H24ClN3O3/c1-15(2)27-14-29(28-12-11-21(30)24(31)23(28)25(27)32)22-19-6-4-3-5-16(19)7-8-17-9-10-18(26)13-20(17)22/h3-6,9-13,15,22,31H,7-8,14H2,1-2H3. The first-order chi connectivity index (χ1) is 15.4. The van der Waals surface area contributed by atoms with E-state index in [1.54, 1.807) is 15.8 Å². The molecule has 6 nitrogen and oxygen atoms in total. The minimum absolute atomic E-state index is 0.0113. The first kappa shape index (κ1) is 20.6. The molecule has 1 aliphatic carbocycles. The molecule has 0 saturated heterocycles. The van der Waals surface area contributed by atoms with E-state index < -0.39 is 11.2 Å². The van der Waals surface area contributed by atoms with Crippen molar-refractivity contribution in [2.45, 2.75) is 38.8 Å². The van der Waals surface area contributed by atoms with E-state index in [0.717, 1.165) is 24.0 Å². The van der Waals surface area contributed by atoms with Gasteiger partial charge in [0.15, 0.2) is 11.4 Å². The molecule has 1 atom stereocenters. The lowest BCUT2D eigenvalue weighted by molar-refractivity contribution is 0.0621. The summed E-state index contributed by atoms with van der Waals surface area (Å²) in [4.78, 5) is 27.1. The zero-order chi connectivity index (χ0) is 22.6. The van der Waals surface area contributed by atoms with Crippen molar-refractivity contribution in [2.24, 2.45) is 0 Å². The highest BCUT2D eigenvalue weighted by Crippen LogP contribution is 2.39. The van der Waals surface area contributed by atoms with E-state index in [4.69, 9.17) is 11.6 Å². The van der Waals surface area contributed by atoms with Crippen LogP contribution >= 0.6 is 11.6 Å². The fourth-order valence-electron chi connectivity index (χ4n) is 4.79. The van der Waals surface area contributed by atoms with Crippen LogP contribution in [0.1, 0.15) is 52.6 Å². The fraction of sp³-hybridized carbons (Fsp3) is 0.280. The van der Waals surface area contributed by atoms with E-state index in [1.807, 2.05) is 43.1 Å². The molecule has 32 heavy (non-hydrogen) atoms. The normalized spacial score (nSPS) is 17.6. The quantitative estimate of drug-likeness (QED) is 0.645. The molecule has 0 saturated carbocycles. The van der Waals surface area contributed by atoms with Crippen LogP contribution in [-0.2, 0) is 12.8 Å². The second-order valence-electron chi connectivity index (χ2n) is 8.62. The van der Waals surface area contributed by atoms with Gasteiger partial charge in [-0.3, -0.25) is 19.3 Å². The number of nitrogens with zero attached hydrogens (tertiary/aromatic N) is 3. The maximum atomic E-state index is 13.2. The van der Waals surface area contributed by atoms with Gasteiger partial charge < -0.3 is 10.0 Å². The van der Waals surface area contributed by atoms with Gasteiger partial charge in [-0.15, -0.1) is 0 Å². The van der Waals surface area contributed by atoms with Crippen LogP contribution in [0.3, 0.4) is 0 Å². The van der Waals surface area contributed by atoms with Crippen molar-refractivity contribution in [1.29, 1.82) is 0 Å². The third-order valence-corrected chi connectivity index (χ3v) is 6.66. The Hall–Kier alpha value is -3.25.